The fraction of sp³-hybridized carbons (Fsp3) is 0.625. The van der Waals surface area contributed by atoms with E-state index < -0.39 is 0 Å². The van der Waals surface area contributed by atoms with Gasteiger partial charge in [-0.25, -0.2) is 0 Å². The molecule has 2 heteroatoms. The van der Waals surface area contributed by atoms with E-state index in [0.29, 0.717) is 0 Å². The van der Waals surface area contributed by atoms with Crippen LogP contribution in [0.25, 0.3) is 0 Å². The van der Waals surface area contributed by atoms with Gasteiger partial charge in [-0.3, -0.25) is 4.90 Å². The Morgan fingerprint density at radius 3 is 2.67 bits per heavy atom. The fourth-order valence-electron chi connectivity index (χ4n) is 3.05. The monoisotopic (exact) mass is 246 g/mol. The number of hydrogen-bond donors (Lipinski definition) is 1. The summed E-state index contributed by atoms with van der Waals surface area (Å²) < 4.78 is 0. The van der Waals surface area contributed by atoms with Gasteiger partial charge in [-0.15, -0.1) is 0 Å². The van der Waals surface area contributed by atoms with Crippen LogP contribution in [0.3, 0.4) is 0 Å². The van der Waals surface area contributed by atoms with Gasteiger partial charge in [0.1, 0.15) is 0 Å². The summed E-state index contributed by atoms with van der Waals surface area (Å²) in [6, 6.07) is 9.61. The van der Waals surface area contributed by atoms with Gasteiger partial charge in [0.05, 0.1) is 0 Å². The van der Waals surface area contributed by atoms with Gasteiger partial charge in [-0.2, -0.15) is 0 Å². The number of nitrogens with zero attached hydrogens (tertiary/aromatic N) is 1. The lowest BCUT2D eigenvalue weighted by Crippen LogP contribution is -2.39. The van der Waals surface area contributed by atoms with Crippen LogP contribution in [-0.2, 0) is 6.54 Å². The van der Waals surface area contributed by atoms with Crippen LogP contribution in [0.1, 0.15) is 43.2 Å². The highest BCUT2D eigenvalue weighted by Crippen LogP contribution is 2.23. The molecule has 1 aromatic carbocycles. The second-order valence-corrected chi connectivity index (χ2v) is 5.54. The number of rotatable bonds is 5. The summed E-state index contributed by atoms with van der Waals surface area (Å²) in [5.41, 5.74) is 8.55. The Labute approximate surface area is 111 Å². The van der Waals surface area contributed by atoms with Gasteiger partial charge in [0, 0.05) is 25.7 Å². The minimum Gasteiger partial charge on any atom is -0.329 e. The summed E-state index contributed by atoms with van der Waals surface area (Å²) in [6.07, 6.45) is 6.90. The quantitative estimate of drug-likeness (QED) is 0.865. The minimum atomic E-state index is 0.753. The Morgan fingerprint density at radius 2 is 2.00 bits per heavy atom. The van der Waals surface area contributed by atoms with Crippen LogP contribution in [0.15, 0.2) is 24.3 Å². The first-order chi connectivity index (χ1) is 8.79. The molecule has 0 spiro atoms. The molecule has 2 N–H and O–H groups in total. The third-order valence-electron chi connectivity index (χ3n) is 3.98. The van der Waals surface area contributed by atoms with Crippen LogP contribution < -0.4 is 5.73 Å². The zero-order chi connectivity index (χ0) is 12.8. The summed E-state index contributed by atoms with van der Waals surface area (Å²) in [4.78, 5) is 2.59. The van der Waals surface area contributed by atoms with E-state index in [9.17, 15) is 0 Å². The van der Waals surface area contributed by atoms with E-state index >= 15 is 0 Å². The van der Waals surface area contributed by atoms with Crippen molar-refractivity contribution in [2.75, 3.05) is 13.1 Å². The maximum absolute atomic E-state index is 5.78. The predicted octanol–water partition coefficient (Wildman–Crippen LogP) is 3.09. The van der Waals surface area contributed by atoms with Crippen molar-refractivity contribution in [3.05, 3.63) is 35.4 Å². The normalized spacial score (nSPS) is 17.3. The number of nitrogens with two attached hydrogens (primary N) is 1. The lowest BCUT2D eigenvalue weighted by atomic mass is 9.93. The molecule has 1 aromatic rings. The van der Waals surface area contributed by atoms with Crippen molar-refractivity contribution in [3.63, 3.8) is 0 Å². The van der Waals surface area contributed by atoms with Gasteiger partial charge in [0.25, 0.3) is 0 Å². The lowest BCUT2D eigenvalue weighted by Gasteiger charge is -2.34. The molecule has 1 aliphatic rings. The van der Waals surface area contributed by atoms with Crippen LogP contribution >= 0.6 is 0 Å². The molecular formula is C16H26N2. The summed E-state index contributed by atoms with van der Waals surface area (Å²) >= 11 is 0. The number of hydrogen-bond acceptors (Lipinski definition) is 2. The Balaban J connectivity index is 2.00. The number of aryl methyl sites for hydroxylation is 1. The van der Waals surface area contributed by atoms with E-state index in [-0.39, 0.29) is 0 Å². The third-order valence-corrected chi connectivity index (χ3v) is 3.98. The van der Waals surface area contributed by atoms with Gasteiger partial charge in [0.2, 0.25) is 0 Å². The van der Waals surface area contributed by atoms with Crippen LogP contribution in [0.2, 0.25) is 0 Å². The minimum absolute atomic E-state index is 0.753. The maximum atomic E-state index is 5.78. The van der Waals surface area contributed by atoms with Crippen molar-refractivity contribution < 1.29 is 0 Å². The van der Waals surface area contributed by atoms with Crippen molar-refractivity contribution in [2.45, 2.75) is 51.6 Å². The van der Waals surface area contributed by atoms with Gasteiger partial charge in [-0.1, -0.05) is 49.1 Å². The largest absolute Gasteiger partial charge is 0.329 e. The summed E-state index contributed by atoms with van der Waals surface area (Å²) in [7, 11) is 0. The summed E-state index contributed by atoms with van der Waals surface area (Å²) in [5.74, 6) is 0. The molecule has 2 rings (SSSR count). The zero-order valence-corrected chi connectivity index (χ0v) is 11.6. The summed E-state index contributed by atoms with van der Waals surface area (Å²) in [5, 5.41) is 0. The fourth-order valence-corrected chi connectivity index (χ4v) is 3.05. The highest BCUT2D eigenvalue weighted by molar-refractivity contribution is 5.22. The first-order valence-electron chi connectivity index (χ1n) is 7.29. The molecule has 1 fully saturated rings. The highest BCUT2D eigenvalue weighted by Gasteiger charge is 2.20. The first kappa shape index (κ1) is 13.6. The molecule has 0 amide bonds. The van der Waals surface area contributed by atoms with E-state index in [1.807, 2.05) is 0 Å². The SMILES string of the molecule is Cc1cccc(CN(CCN)C2CCCCC2)c1. The molecule has 1 aliphatic carbocycles. The van der Waals surface area contributed by atoms with E-state index in [1.165, 1.54) is 43.2 Å². The smallest absolute Gasteiger partial charge is 0.0237 e. The Hall–Kier alpha value is -0.860. The molecule has 0 atom stereocenters. The van der Waals surface area contributed by atoms with Crippen molar-refractivity contribution in [3.8, 4) is 0 Å². The molecule has 0 bridgehead atoms. The lowest BCUT2D eigenvalue weighted by molar-refractivity contribution is 0.152. The van der Waals surface area contributed by atoms with E-state index in [0.717, 1.165) is 25.7 Å². The second-order valence-electron chi connectivity index (χ2n) is 5.54. The Bertz CT molecular complexity index is 356. The average Bonchev–Trinajstić information content (AvgIpc) is 2.39. The van der Waals surface area contributed by atoms with Gasteiger partial charge in [-0.05, 0) is 25.3 Å². The van der Waals surface area contributed by atoms with Crippen molar-refractivity contribution >= 4 is 0 Å². The van der Waals surface area contributed by atoms with Crippen LogP contribution in [0, 0.1) is 6.92 Å². The Kier molecular flexibility index (Phi) is 5.21. The van der Waals surface area contributed by atoms with Crippen LogP contribution in [0.4, 0.5) is 0 Å². The van der Waals surface area contributed by atoms with E-state index in [4.69, 9.17) is 5.73 Å². The van der Waals surface area contributed by atoms with Gasteiger partial charge >= 0.3 is 0 Å². The first-order valence-corrected chi connectivity index (χ1v) is 7.29. The van der Waals surface area contributed by atoms with Crippen molar-refractivity contribution in [1.82, 2.24) is 4.90 Å². The van der Waals surface area contributed by atoms with Crippen LogP contribution in [-0.4, -0.2) is 24.0 Å². The molecule has 2 nitrogen and oxygen atoms in total. The molecule has 100 valence electrons. The molecule has 0 aliphatic heterocycles. The van der Waals surface area contributed by atoms with Crippen molar-refractivity contribution in [2.24, 2.45) is 5.73 Å². The zero-order valence-electron chi connectivity index (χ0n) is 11.6. The van der Waals surface area contributed by atoms with E-state index in [1.54, 1.807) is 0 Å². The molecule has 0 aromatic heterocycles. The second kappa shape index (κ2) is 6.91. The topological polar surface area (TPSA) is 29.3 Å². The van der Waals surface area contributed by atoms with Gasteiger partial charge in [0.15, 0.2) is 0 Å². The molecular weight excluding hydrogens is 220 g/mol. The molecule has 1 saturated carbocycles. The number of benzene rings is 1. The third kappa shape index (κ3) is 3.82. The Morgan fingerprint density at radius 1 is 1.22 bits per heavy atom. The van der Waals surface area contributed by atoms with Gasteiger partial charge < -0.3 is 5.73 Å². The molecule has 0 unspecified atom stereocenters. The van der Waals surface area contributed by atoms with E-state index in [2.05, 4.69) is 36.1 Å². The molecule has 0 saturated heterocycles. The molecule has 18 heavy (non-hydrogen) atoms. The standard InChI is InChI=1S/C16H26N2/c1-14-6-5-7-15(12-14)13-18(11-10-17)16-8-3-2-4-9-16/h5-7,12,16H,2-4,8-11,13,17H2,1H3. The molecule has 0 heterocycles. The predicted molar refractivity (Wildman–Crippen MR) is 77.5 cm³/mol. The average molecular weight is 246 g/mol. The maximum Gasteiger partial charge on any atom is 0.0237 e. The van der Waals surface area contributed by atoms with Crippen molar-refractivity contribution in [1.29, 1.82) is 0 Å². The summed E-state index contributed by atoms with van der Waals surface area (Å²) in [6.45, 7) is 5.02. The molecule has 0 radical (unpaired) electrons. The highest BCUT2D eigenvalue weighted by atomic mass is 15.2. The van der Waals surface area contributed by atoms with Crippen LogP contribution in [0.5, 0.6) is 0 Å².